The molecule has 1 aliphatic heterocycles. The number of aryl methyl sites for hydroxylation is 1. The number of carbonyl (C=O) groups is 2. The molecule has 2 unspecified atom stereocenters. The van der Waals surface area contributed by atoms with Crippen molar-refractivity contribution in [2.75, 3.05) is 13.1 Å². The number of nitrogens with one attached hydrogen (secondary N) is 2. The summed E-state index contributed by atoms with van der Waals surface area (Å²) in [5.41, 5.74) is 2.73. The van der Waals surface area contributed by atoms with Crippen molar-refractivity contribution in [1.29, 1.82) is 0 Å². The van der Waals surface area contributed by atoms with Crippen LogP contribution < -0.4 is 5.32 Å². The molecule has 2 N–H and O–H groups in total. The number of aromatic amines is 1. The Hall–Kier alpha value is -1.33. The van der Waals surface area contributed by atoms with E-state index in [9.17, 15) is 9.59 Å². The molecule has 118 valence electrons. The van der Waals surface area contributed by atoms with E-state index in [1.54, 1.807) is 0 Å². The van der Waals surface area contributed by atoms with Crippen LogP contribution in [-0.2, 0) is 0 Å². The molecule has 0 saturated carbocycles. The first kappa shape index (κ1) is 17.7. The quantitative estimate of drug-likeness (QED) is 0.822. The van der Waals surface area contributed by atoms with E-state index in [1.165, 1.54) is 6.92 Å². The first-order valence-electron chi connectivity index (χ1n) is 7.09. The maximum atomic E-state index is 12.7. The molecule has 0 bridgehead atoms. The molecule has 1 aromatic heterocycles. The van der Waals surface area contributed by atoms with Crippen molar-refractivity contribution in [2.45, 2.75) is 46.7 Å². The van der Waals surface area contributed by atoms with E-state index >= 15 is 0 Å². The highest BCUT2D eigenvalue weighted by Crippen LogP contribution is 2.21. The van der Waals surface area contributed by atoms with E-state index in [2.05, 4.69) is 17.2 Å². The van der Waals surface area contributed by atoms with Crippen LogP contribution in [-0.4, -0.2) is 46.7 Å². The molecule has 0 spiro atoms. The average molecular weight is 314 g/mol. The predicted octanol–water partition coefficient (Wildman–Crippen LogP) is 2.08. The summed E-state index contributed by atoms with van der Waals surface area (Å²) >= 11 is 0. The summed E-state index contributed by atoms with van der Waals surface area (Å²) in [4.78, 5) is 29.4. The number of carbonyl (C=O) groups excluding carboxylic acids is 2. The number of rotatable bonds is 2. The zero-order chi connectivity index (χ0) is 15.0. The van der Waals surface area contributed by atoms with E-state index < -0.39 is 0 Å². The number of aromatic nitrogens is 1. The largest absolute Gasteiger partial charge is 0.354 e. The molecule has 1 aromatic rings. The fourth-order valence-electron chi connectivity index (χ4n) is 2.98. The number of Topliss-reactive ketones (excluding diaryl/α,β-unsaturated/α-hetero) is 1. The summed E-state index contributed by atoms with van der Waals surface area (Å²) in [6.45, 7) is 10.8. The van der Waals surface area contributed by atoms with Crippen LogP contribution in [0.3, 0.4) is 0 Å². The number of hydrogen-bond donors (Lipinski definition) is 2. The summed E-state index contributed by atoms with van der Waals surface area (Å²) in [5, 5.41) is 3.36. The molecule has 6 heteroatoms. The van der Waals surface area contributed by atoms with Gasteiger partial charge in [-0.05, 0) is 40.2 Å². The summed E-state index contributed by atoms with van der Waals surface area (Å²) < 4.78 is 0. The topological polar surface area (TPSA) is 65.2 Å². The highest BCUT2D eigenvalue weighted by molar-refractivity contribution is 6.02. The predicted molar refractivity (Wildman–Crippen MR) is 85.5 cm³/mol. The van der Waals surface area contributed by atoms with Crippen molar-refractivity contribution in [3.05, 3.63) is 22.5 Å². The van der Waals surface area contributed by atoms with E-state index in [0.29, 0.717) is 17.8 Å². The Morgan fingerprint density at radius 3 is 2.38 bits per heavy atom. The minimum atomic E-state index is -0.0149. The monoisotopic (exact) mass is 313 g/mol. The van der Waals surface area contributed by atoms with Gasteiger partial charge in [-0.25, -0.2) is 0 Å². The number of piperazine rings is 1. The Morgan fingerprint density at radius 2 is 1.86 bits per heavy atom. The number of amides is 1. The van der Waals surface area contributed by atoms with E-state index in [4.69, 9.17) is 0 Å². The van der Waals surface area contributed by atoms with Crippen molar-refractivity contribution in [1.82, 2.24) is 15.2 Å². The van der Waals surface area contributed by atoms with Gasteiger partial charge in [0.15, 0.2) is 5.78 Å². The number of halogens is 1. The smallest absolute Gasteiger partial charge is 0.270 e. The van der Waals surface area contributed by atoms with E-state index in [1.807, 2.05) is 25.7 Å². The fourth-order valence-corrected chi connectivity index (χ4v) is 2.98. The summed E-state index contributed by atoms with van der Waals surface area (Å²) in [6, 6.07) is 0.413. The lowest BCUT2D eigenvalue weighted by Crippen LogP contribution is -2.57. The van der Waals surface area contributed by atoms with Gasteiger partial charge in [0.05, 0.1) is 0 Å². The van der Waals surface area contributed by atoms with E-state index in [0.717, 1.165) is 17.8 Å². The number of H-pyrrole nitrogens is 1. The molecule has 1 aliphatic rings. The minimum absolute atomic E-state index is 0. The molecule has 1 fully saturated rings. The molecular weight excluding hydrogens is 290 g/mol. The normalized spacial score (nSPS) is 21.9. The Kier molecular flexibility index (Phi) is 5.59. The van der Waals surface area contributed by atoms with Gasteiger partial charge in [0.25, 0.3) is 5.91 Å². The Bertz CT molecular complexity index is 553. The first-order valence-corrected chi connectivity index (χ1v) is 7.09. The van der Waals surface area contributed by atoms with E-state index in [-0.39, 0.29) is 36.2 Å². The summed E-state index contributed by atoms with van der Waals surface area (Å²) in [7, 11) is 0. The first-order chi connectivity index (χ1) is 9.34. The SMILES string of the molecule is CC(=O)c1c(C)[nH]c(C(=O)N2CCNC(C)C2C)c1C.Cl. The molecule has 21 heavy (non-hydrogen) atoms. The molecule has 2 heterocycles. The average Bonchev–Trinajstić information content (AvgIpc) is 2.67. The van der Waals surface area contributed by atoms with Crippen molar-refractivity contribution in [3.8, 4) is 0 Å². The Labute approximate surface area is 131 Å². The molecule has 1 saturated heterocycles. The lowest BCUT2D eigenvalue weighted by molar-refractivity contribution is 0.0596. The second-order valence-corrected chi connectivity index (χ2v) is 5.66. The molecule has 0 radical (unpaired) electrons. The molecule has 5 nitrogen and oxygen atoms in total. The molecule has 0 aromatic carbocycles. The van der Waals surface area contributed by atoms with Gasteiger partial charge in [-0.15, -0.1) is 12.4 Å². The minimum Gasteiger partial charge on any atom is -0.354 e. The second kappa shape index (κ2) is 6.62. The third kappa shape index (κ3) is 3.14. The maximum Gasteiger partial charge on any atom is 0.270 e. The van der Waals surface area contributed by atoms with Gasteiger partial charge in [-0.2, -0.15) is 0 Å². The number of nitrogens with zero attached hydrogens (tertiary/aromatic N) is 1. The second-order valence-electron chi connectivity index (χ2n) is 5.66. The van der Waals surface area contributed by atoms with Crippen LogP contribution >= 0.6 is 12.4 Å². The van der Waals surface area contributed by atoms with Gasteiger partial charge in [-0.3, -0.25) is 9.59 Å². The zero-order valence-corrected chi connectivity index (χ0v) is 14.1. The zero-order valence-electron chi connectivity index (χ0n) is 13.2. The van der Waals surface area contributed by atoms with Gasteiger partial charge in [0.1, 0.15) is 5.69 Å². The molecule has 2 atom stereocenters. The highest BCUT2D eigenvalue weighted by atomic mass is 35.5. The van der Waals surface area contributed by atoms with Crippen molar-refractivity contribution >= 4 is 24.1 Å². The van der Waals surface area contributed by atoms with Crippen LogP contribution in [0.25, 0.3) is 0 Å². The molecular formula is C15H24ClN3O2. The van der Waals surface area contributed by atoms with Gasteiger partial charge in [0.2, 0.25) is 0 Å². The molecule has 2 rings (SSSR count). The molecule has 0 aliphatic carbocycles. The Morgan fingerprint density at radius 1 is 1.24 bits per heavy atom. The van der Waals surface area contributed by atoms with Crippen LogP contribution in [0.5, 0.6) is 0 Å². The summed E-state index contributed by atoms with van der Waals surface area (Å²) in [6.07, 6.45) is 0. The standard InChI is InChI=1S/C15H23N3O2.ClH/c1-8-13(12(5)19)10(3)17-14(8)15(20)18-7-6-16-9(2)11(18)4;/h9,11,16-17H,6-7H2,1-5H3;1H. The third-order valence-corrected chi connectivity index (χ3v) is 4.30. The summed E-state index contributed by atoms with van der Waals surface area (Å²) in [5.74, 6) is -0.0176. The Balaban J connectivity index is 0.00000220. The number of hydrogen-bond acceptors (Lipinski definition) is 3. The van der Waals surface area contributed by atoms with Crippen molar-refractivity contribution in [2.24, 2.45) is 0 Å². The number of ketones is 1. The van der Waals surface area contributed by atoms with Gasteiger partial charge in [-0.1, -0.05) is 0 Å². The van der Waals surface area contributed by atoms with Gasteiger partial charge < -0.3 is 15.2 Å². The van der Waals surface area contributed by atoms with Crippen LogP contribution in [0.4, 0.5) is 0 Å². The van der Waals surface area contributed by atoms with Crippen molar-refractivity contribution < 1.29 is 9.59 Å². The highest BCUT2D eigenvalue weighted by Gasteiger charge is 2.31. The van der Waals surface area contributed by atoms with Crippen LogP contribution in [0.15, 0.2) is 0 Å². The third-order valence-electron chi connectivity index (χ3n) is 4.30. The lowest BCUT2D eigenvalue weighted by Gasteiger charge is -2.38. The maximum absolute atomic E-state index is 12.7. The van der Waals surface area contributed by atoms with Gasteiger partial charge in [0, 0.05) is 36.4 Å². The fraction of sp³-hybridized carbons (Fsp3) is 0.600. The van der Waals surface area contributed by atoms with Crippen molar-refractivity contribution in [3.63, 3.8) is 0 Å². The molecule has 1 amide bonds. The van der Waals surface area contributed by atoms with Gasteiger partial charge >= 0.3 is 0 Å². The van der Waals surface area contributed by atoms with Crippen LogP contribution in [0.1, 0.15) is 52.9 Å². The lowest BCUT2D eigenvalue weighted by atomic mass is 10.0. The van der Waals surface area contributed by atoms with Crippen LogP contribution in [0, 0.1) is 13.8 Å². The van der Waals surface area contributed by atoms with Crippen LogP contribution in [0.2, 0.25) is 0 Å².